The highest BCUT2D eigenvalue weighted by Crippen LogP contribution is 2.32. The predicted molar refractivity (Wildman–Crippen MR) is 88.3 cm³/mol. The van der Waals surface area contributed by atoms with Crippen LogP contribution in [0.5, 0.6) is 0 Å². The highest BCUT2D eigenvalue weighted by atomic mass is 14.9. The first-order valence-corrected chi connectivity index (χ1v) is 8.65. The minimum absolute atomic E-state index is 0.734. The highest BCUT2D eigenvalue weighted by molar-refractivity contribution is 5.27. The first-order chi connectivity index (χ1) is 9.83. The molecule has 0 aromatic heterocycles. The van der Waals surface area contributed by atoms with Crippen molar-refractivity contribution in [2.45, 2.75) is 77.2 Å². The van der Waals surface area contributed by atoms with Crippen molar-refractivity contribution in [1.29, 1.82) is 0 Å². The van der Waals surface area contributed by atoms with Gasteiger partial charge in [0.05, 0.1) is 0 Å². The van der Waals surface area contributed by atoms with Gasteiger partial charge in [0, 0.05) is 6.04 Å². The molecule has 2 unspecified atom stereocenters. The van der Waals surface area contributed by atoms with E-state index in [-0.39, 0.29) is 0 Å². The Bertz CT molecular complexity index is 385. The van der Waals surface area contributed by atoms with Gasteiger partial charge in [-0.05, 0) is 55.7 Å². The number of rotatable bonds is 6. The largest absolute Gasteiger partial charge is 0.314 e. The van der Waals surface area contributed by atoms with Gasteiger partial charge < -0.3 is 5.32 Å². The van der Waals surface area contributed by atoms with Gasteiger partial charge in [0.15, 0.2) is 0 Å². The molecule has 0 bridgehead atoms. The number of hydrogen-bond acceptors (Lipinski definition) is 1. The van der Waals surface area contributed by atoms with E-state index in [1.807, 2.05) is 0 Å². The van der Waals surface area contributed by atoms with Crippen LogP contribution in [0.15, 0.2) is 24.3 Å². The van der Waals surface area contributed by atoms with E-state index in [2.05, 4.69) is 43.4 Å². The molecule has 1 N–H and O–H groups in total. The first kappa shape index (κ1) is 15.6. The van der Waals surface area contributed by atoms with E-state index in [1.54, 1.807) is 5.56 Å². The lowest BCUT2D eigenvalue weighted by Gasteiger charge is -2.22. The third-order valence-corrected chi connectivity index (χ3v) is 4.57. The fourth-order valence-electron chi connectivity index (χ4n) is 3.49. The van der Waals surface area contributed by atoms with Crippen molar-refractivity contribution >= 4 is 0 Å². The zero-order valence-electron chi connectivity index (χ0n) is 13.3. The molecule has 1 aromatic rings. The van der Waals surface area contributed by atoms with E-state index in [0.29, 0.717) is 0 Å². The average molecular weight is 273 g/mol. The lowest BCUT2D eigenvalue weighted by Crippen LogP contribution is -2.30. The van der Waals surface area contributed by atoms with Crippen molar-refractivity contribution in [3.8, 4) is 0 Å². The Hall–Kier alpha value is -0.820. The molecule has 112 valence electrons. The van der Waals surface area contributed by atoms with Crippen LogP contribution in [0, 0.1) is 0 Å². The fourth-order valence-corrected chi connectivity index (χ4v) is 3.49. The van der Waals surface area contributed by atoms with Gasteiger partial charge in [-0.2, -0.15) is 0 Å². The number of hydrogen-bond donors (Lipinski definition) is 1. The number of benzene rings is 1. The topological polar surface area (TPSA) is 12.0 Å². The van der Waals surface area contributed by atoms with Gasteiger partial charge in [-0.3, -0.25) is 0 Å². The van der Waals surface area contributed by atoms with Crippen molar-refractivity contribution in [2.75, 3.05) is 6.54 Å². The van der Waals surface area contributed by atoms with Crippen LogP contribution in [0.1, 0.15) is 75.8 Å². The highest BCUT2D eigenvalue weighted by Gasteiger charge is 2.21. The second-order valence-corrected chi connectivity index (χ2v) is 6.36. The summed E-state index contributed by atoms with van der Waals surface area (Å²) < 4.78 is 0. The van der Waals surface area contributed by atoms with Crippen LogP contribution >= 0.6 is 0 Å². The molecular weight excluding hydrogens is 242 g/mol. The van der Waals surface area contributed by atoms with Gasteiger partial charge in [-0.15, -0.1) is 0 Å². The Morgan fingerprint density at radius 3 is 2.75 bits per heavy atom. The summed E-state index contributed by atoms with van der Waals surface area (Å²) in [6.07, 6.45) is 10.6. The molecule has 1 aromatic carbocycles. The molecule has 2 atom stereocenters. The standard InChI is InChI=1S/C19H31N/c1-3-8-16-9-7-11-17(14-16)18-10-5-6-12-19(15-18)20-13-4-2/h7,9,11,14,18-20H,3-6,8,10,12-13,15H2,1-2H3. The molecular formula is C19H31N. The van der Waals surface area contributed by atoms with E-state index in [0.717, 1.165) is 12.0 Å². The number of aryl methyl sites for hydroxylation is 1. The molecule has 0 spiro atoms. The second-order valence-electron chi connectivity index (χ2n) is 6.36. The smallest absolute Gasteiger partial charge is 0.00728 e. The maximum absolute atomic E-state index is 3.75. The lowest BCUT2D eigenvalue weighted by molar-refractivity contribution is 0.439. The molecule has 20 heavy (non-hydrogen) atoms. The molecule has 0 radical (unpaired) electrons. The van der Waals surface area contributed by atoms with Crippen LogP contribution in [-0.2, 0) is 6.42 Å². The lowest BCUT2D eigenvalue weighted by atomic mass is 9.89. The van der Waals surface area contributed by atoms with Crippen LogP contribution < -0.4 is 5.32 Å². The molecule has 0 saturated heterocycles. The number of nitrogens with one attached hydrogen (secondary N) is 1. The maximum Gasteiger partial charge on any atom is 0.00728 e. The van der Waals surface area contributed by atoms with Crippen LogP contribution in [0.3, 0.4) is 0 Å². The van der Waals surface area contributed by atoms with Crippen LogP contribution in [0.25, 0.3) is 0 Å². The molecule has 1 fully saturated rings. The minimum Gasteiger partial charge on any atom is -0.314 e. The van der Waals surface area contributed by atoms with Gasteiger partial charge in [-0.25, -0.2) is 0 Å². The summed E-state index contributed by atoms with van der Waals surface area (Å²) >= 11 is 0. The zero-order valence-corrected chi connectivity index (χ0v) is 13.3. The predicted octanol–water partition coefficient (Wildman–Crippen LogP) is 5.06. The van der Waals surface area contributed by atoms with Gasteiger partial charge in [0.2, 0.25) is 0 Å². The summed E-state index contributed by atoms with van der Waals surface area (Å²) in [6.45, 7) is 5.70. The second kappa shape index (κ2) is 8.46. The van der Waals surface area contributed by atoms with E-state index in [4.69, 9.17) is 0 Å². The minimum atomic E-state index is 0.734. The molecule has 0 amide bonds. The van der Waals surface area contributed by atoms with Crippen LogP contribution in [0.4, 0.5) is 0 Å². The van der Waals surface area contributed by atoms with E-state index >= 15 is 0 Å². The quantitative estimate of drug-likeness (QED) is 0.715. The van der Waals surface area contributed by atoms with Gasteiger partial charge in [0.1, 0.15) is 0 Å². The Labute approximate surface area is 125 Å². The normalized spacial score (nSPS) is 23.5. The molecule has 2 rings (SSSR count). The van der Waals surface area contributed by atoms with Crippen molar-refractivity contribution in [1.82, 2.24) is 5.32 Å². The molecule has 1 aliphatic carbocycles. The van der Waals surface area contributed by atoms with Gasteiger partial charge >= 0.3 is 0 Å². The van der Waals surface area contributed by atoms with Crippen molar-refractivity contribution in [3.63, 3.8) is 0 Å². The van der Waals surface area contributed by atoms with Gasteiger partial charge in [0.25, 0.3) is 0 Å². The Kier molecular flexibility index (Phi) is 6.59. The van der Waals surface area contributed by atoms with Crippen molar-refractivity contribution in [3.05, 3.63) is 35.4 Å². The van der Waals surface area contributed by atoms with E-state index in [1.165, 1.54) is 63.5 Å². The first-order valence-electron chi connectivity index (χ1n) is 8.65. The monoisotopic (exact) mass is 273 g/mol. The summed E-state index contributed by atoms with van der Waals surface area (Å²) in [7, 11) is 0. The fraction of sp³-hybridized carbons (Fsp3) is 0.684. The summed E-state index contributed by atoms with van der Waals surface area (Å²) in [5, 5.41) is 3.75. The molecule has 1 aliphatic rings. The molecule has 1 heteroatoms. The zero-order chi connectivity index (χ0) is 14.2. The molecule has 1 saturated carbocycles. The third kappa shape index (κ3) is 4.63. The Morgan fingerprint density at radius 1 is 1.10 bits per heavy atom. The van der Waals surface area contributed by atoms with Crippen molar-refractivity contribution in [2.24, 2.45) is 0 Å². The molecule has 0 heterocycles. The molecule has 1 nitrogen and oxygen atoms in total. The molecule has 0 aliphatic heterocycles. The summed E-state index contributed by atoms with van der Waals surface area (Å²) in [6, 6.07) is 10.1. The Balaban J connectivity index is 2.03. The van der Waals surface area contributed by atoms with E-state index < -0.39 is 0 Å². The summed E-state index contributed by atoms with van der Waals surface area (Å²) in [5.74, 6) is 0.767. The van der Waals surface area contributed by atoms with Crippen LogP contribution in [0.2, 0.25) is 0 Å². The van der Waals surface area contributed by atoms with Crippen molar-refractivity contribution < 1.29 is 0 Å². The van der Waals surface area contributed by atoms with Gasteiger partial charge in [-0.1, -0.05) is 57.4 Å². The maximum atomic E-state index is 3.75. The Morgan fingerprint density at radius 2 is 1.95 bits per heavy atom. The SMILES string of the molecule is CCCNC1CCCCC(c2cccc(CCC)c2)C1. The third-order valence-electron chi connectivity index (χ3n) is 4.57. The summed E-state index contributed by atoms with van der Waals surface area (Å²) in [4.78, 5) is 0. The van der Waals surface area contributed by atoms with E-state index in [9.17, 15) is 0 Å². The van der Waals surface area contributed by atoms with Crippen LogP contribution in [-0.4, -0.2) is 12.6 Å². The summed E-state index contributed by atoms with van der Waals surface area (Å²) in [5.41, 5.74) is 3.11. The average Bonchev–Trinajstić information content (AvgIpc) is 2.71.